The molecule has 0 saturated heterocycles. The van der Waals surface area contributed by atoms with Gasteiger partial charge in [-0.1, -0.05) is 50.2 Å². The maximum absolute atomic E-state index is 9.63. The Balaban J connectivity index is 1.67. The van der Waals surface area contributed by atoms with Crippen LogP contribution in [-0.4, -0.2) is 18.8 Å². The molecule has 0 spiro atoms. The normalized spacial score (nSPS) is 10.3. The SMILES string of the molecule is CCCCCCN(Cc1ccc(C#Cc2ccc(OC)cc2)cc1)c1ccc(O)cc1. The van der Waals surface area contributed by atoms with Crippen LogP contribution < -0.4 is 9.64 Å². The van der Waals surface area contributed by atoms with E-state index in [-0.39, 0.29) is 0 Å². The molecule has 0 aliphatic heterocycles. The van der Waals surface area contributed by atoms with Crippen molar-refractivity contribution >= 4 is 5.69 Å². The predicted octanol–water partition coefficient (Wildman–Crippen LogP) is 6.39. The van der Waals surface area contributed by atoms with Gasteiger partial charge in [0.05, 0.1) is 7.11 Å². The molecule has 3 heteroatoms. The Kier molecular flexibility index (Phi) is 8.43. The van der Waals surface area contributed by atoms with Crippen LogP contribution in [0.2, 0.25) is 0 Å². The number of ether oxygens (including phenoxy) is 1. The van der Waals surface area contributed by atoms with Crippen LogP contribution in [0.5, 0.6) is 11.5 Å². The number of benzene rings is 3. The summed E-state index contributed by atoms with van der Waals surface area (Å²) < 4.78 is 5.19. The van der Waals surface area contributed by atoms with Crippen molar-refractivity contribution in [1.29, 1.82) is 0 Å². The second kappa shape index (κ2) is 11.7. The van der Waals surface area contributed by atoms with Gasteiger partial charge in [0.2, 0.25) is 0 Å². The molecule has 0 atom stereocenters. The summed E-state index contributed by atoms with van der Waals surface area (Å²) in [4.78, 5) is 2.38. The van der Waals surface area contributed by atoms with Gasteiger partial charge in [-0.3, -0.25) is 0 Å². The van der Waals surface area contributed by atoms with Gasteiger partial charge in [-0.05, 0) is 72.6 Å². The van der Waals surface area contributed by atoms with Gasteiger partial charge in [-0.25, -0.2) is 0 Å². The summed E-state index contributed by atoms with van der Waals surface area (Å²) >= 11 is 0. The third kappa shape index (κ3) is 7.12. The fourth-order valence-corrected chi connectivity index (χ4v) is 3.42. The van der Waals surface area contributed by atoms with Gasteiger partial charge in [0.15, 0.2) is 0 Å². The molecule has 0 saturated carbocycles. The highest BCUT2D eigenvalue weighted by Crippen LogP contribution is 2.22. The number of rotatable bonds is 9. The molecule has 31 heavy (non-hydrogen) atoms. The van der Waals surface area contributed by atoms with Gasteiger partial charge >= 0.3 is 0 Å². The van der Waals surface area contributed by atoms with E-state index in [1.807, 2.05) is 36.4 Å². The van der Waals surface area contributed by atoms with E-state index >= 15 is 0 Å². The number of aromatic hydroxyl groups is 1. The highest BCUT2D eigenvalue weighted by atomic mass is 16.5. The van der Waals surface area contributed by atoms with E-state index in [2.05, 4.69) is 47.9 Å². The Morgan fingerprint density at radius 3 is 1.97 bits per heavy atom. The fourth-order valence-electron chi connectivity index (χ4n) is 3.42. The van der Waals surface area contributed by atoms with Crippen LogP contribution >= 0.6 is 0 Å². The maximum atomic E-state index is 9.63. The zero-order valence-corrected chi connectivity index (χ0v) is 18.5. The first-order valence-corrected chi connectivity index (χ1v) is 11.0. The van der Waals surface area contributed by atoms with Gasteiger partial charge in [0.25, 0.3) is 0 Å². The fraction of sp³-hybridized carbons (Fsp3) is 0.286. The lowest BCUT2D eigenvalue weighted by atomic mass is 10.1. The minimum atomic E-state index is 0.300. The summed E-state index contributed by atoms with van der Waals surface area (Å²) in [6, 6.07) is 23.7. The third-order valence-electron chi connectivity index (χ3n) is 5.27. The molecule has 0 radical (unpaired) electrons. The van der Waals surface area contributed by atoms with Gasteiger partial charge < -0.3 is 14.7 Å². The van der Waals surface area contributed by atoms with Crippen molar-refractivity contribution in [2.24, 2.45) is 0 Å². The van der Waals surface area contributed by atoms with Crippen molar-refractivity contribution in [2.45, 2.75) is 39.2 Å². The van der Waals surface area contributed by atoms with Gasteiger partial charge in [-0.15, -0.1) is 0 Å². The van der Waals surface area contributed by atoms with Gasteiger partial charge in [0.1, 0.15) is 11.5 Å². The number of methoxy groups -OCH3 is 1. The molecule has 0 aliphatic rings. The smallest absolute Gasteiger partial charge is 0.118 e. The molecule has 0 amide bonds. The minimum Gasteiger partial charge on any atom is -0.508 e. The molecule has 1 N–H and O–H groups in total. The number of phenolic OH excluding ortho intramolecular Hbond substituents is 1. The average molecular weight is 414 g/mol. The molecule has 3 aromatic carbocycles. The zero-order chi connectivity index (χ0) is 21.9. The highest BCUT2D eigenvalue weighted by molar-refractivity contribution is 5.50. The number of unbranched alkanes of at least 4 members (excludes halogenated alkanes) is 3. The van der Waals surface area contributed by atoms with Crippen molar-refractivity contribution in [3.05, 3.63) is 89.5 Å². The lowest BCUT2D eigenvalue weighted by Gasteiger charge is -2.25. The van der Waals surface area contributed by atoms with E-state index in [1.54, 1.807) is 19.2 Å². The van der Waals surface area contributed by atoms with Crippen LogP contribution in [0.4, 0.5) is 5.69 Å². The van der Waals surface area contributed by atoms with E-state index in [9.17, 15) is 5.11 Å². The Labute approximate surface area is 186 Å². The number of nitrogens with zero attached hydrogens (tertiary/aromatic N) is 1. The lowest BCUT2D eigenvalue weighted by molar-refractivity contribution is 0.415. The summed E-state index contributed by atoms with van der Waals surface area (Å²) in [7, 11) is 1.66. The summed E-state index contributed by atoms with van der Waals surface area (Å²) in [6.07, 6.45) is 4.91. The molecule has 0 heterocycles. The zero-order valence-electron chi connectivity index (χ0n) is 18.5. The molecule has 3 nitrogen and oxygen atoms in total. The van der Waals surface area contributed by atoms with E-state index in [0.717, 1.165) is 35.7 Å². The van der Waals surface area contributed by atoms with E-state index in [4.69, 9.17) is 4.74 Å². The number of hydrogen-bond donors (Lipinski definition) is 1. The molecular formula is C28H31NO2. The first-order valence-electron chi connectivity index (χ1n) is 11.0. The monoisotopic (exact) mass is 413 g/mol. The molecule has 0 unspecified atom stereocenters. The van der Waals surface area contributed by atoms with E-state index in [0.29, 0.717) is 5.75 Å². The van der Waals surface area contributed by atoms with Crippen LogP contribution in [0.3, 0.4) is 0 Å². The van der Waals surface area contributed by atoms with Crippen LogP contribution in [0, 0.1) is 11.8 Å². The molecule has 3 rings (SSSR count). The average Bonchev–Trinajstić information content (AvgIpc) is 2.81. The van der Waals surface area contributed by atoms with Crippen LogP contribution in [0.15, 0.2) is 72.8 Å². The quantitative estimate of drug-likeness (QED) is 0.326. The number of phenols is 1. The molecular weight excluding hydrogens is 382 g/mol. The number of hydrogen-bond acceptors (Lipinski definition) is 3. The van der Waals surface area contributed by atoms with E-state index in [1.165, 1.54) is 31.2 Å². The summed E-state index contributed by atoms with van der Waals surface area (Å²) in [5.41, 5.74) is 4.35. The molecule has 0 fully saturated rings. The second-order valence-electron chi connectivity index (χ2n) is 7.67. The molecule has 0 aliphatic carbocycles. The Bertz CT molecular complexity index is 980. The summed E-state index contributed by atoms with van der Waals surface area (Å²) in [6.45, 7) is 4.07. The number of anilines is 1. The van der Waals surface area contributed by atoms with Crippen LogP contribution in [0.25, 0.3) is 0 Å². The van der Waals surface area contributed by atoms with Crippen molar-refractivity contribution in [2.75, 3.05) is 18.6 Å². The first kappa shape index (κ1) is 22.3. The topological polar surface area (TPSA) is 32.7 Å². The molecule has 0 aromatic heterocycles. The van der Waals surface area contributed by atoms with Crippen molar-refractivity contribution in [1.82, 2.24) is 0 Å². The maximum Gasteiger partial charge on any atom is 0.118 e. The van der Waals surface area contributed by atoms with Crippen molar-refractivity contribution < 1.29 is 9.84 Å². The Hall–Kier alpha value is -3.38. The highest BCUT2D eigenvalue weighted by Gasteiger charge is 2.08. The van der Waals surface area contributed by atoms with Crippen LogP contribution in [-0.2, 0) is 6.54 Å². The van der Waals surface area contributed by atoms with Gasteiger partial charge in [0, 0.05) is 29.9 Å². The minimum absolute atomic E-state index is 0.300. The molecule has 0 bridgehead atoms. The standard InChI is InChI=1S/C28H31NO2/c1-3-4-5-6-21-29(26-15-17-27(30)18-16-26)22-25-11-9-23(10-12-25)7-8-24-13-19-28(31-2)20-14-24/h9-20,30H,3-6,21-22H2,1-2H3. The first-order chi connectivity index (χ1) is 15.2. The molecule has 160 valence electrons. The van der Waals surface area contributed by atoms with Crippen molar-refractivity contribution in [3.8, 4) is 23.3 Å². The summed E-state index contributed by atoms with van der Waals surface area (Å²) in [5, 5.41) is 9.63. The summed E-state index contributed by atoms with van der Waals surface area (Å²) in [5.74, 6) is 7.57. The molecule has 3 aromatic rings. The van der Waals surface area contributed by atoms with E-state index < -0.39 is 0 Å². The predicted molar refractivity (Wildman–Crippen MR) is 129 cm³/mol. The Morgan fingerprint density at radius 2 is 1.39 bits per heavy atom. The largest absolute Gasteiger partial charge is 0.508 e. The van der Waals surface area contributed by atoms with Crippen molar-refractivity contribution in [3.63, 3.8) is 0 Å². The van der Waals surface area contributed by atoms with Crippen LogP contribution in [0.1, 0.15) is 49.3 Å². The second-order valence-corrected chi connectivity index (χ2v) is 7.67. The third-order valence-corrected chi connectivity index (χ3v) is 5.27. The lowest BCUT2D eigenvalue weighted by Crippen LogP contribution is -2.23. The Morgan fingerprint density at radius 1 is 0.774 bits per heavy atom. The van der Waals surface area contributed by atoms with Gasteiger partial charge in [-0.2, -0.15) is 0 Å².